The Morgan fingerprint density at radius 2 is 0.714 bits per heavy atom. The summed E-state index contributed by atoms with van der Waals surface area (Å²) in [5.41, 5.74) is 4.14. The molecular formula is C19H19FSi. The normalized spacial score (nSPS) is 10.9. The van der Waals surface area contributed by atoms with Crippen molar-refractivity contribution in [2.75, 3.05) is 0 Å². The Hall–Kier alpha value is -2.19. The smallest absolute Gasteiger partial charge is 0.0282 e. The van der Waals surface area contributed by atoms with Crippen LogP contribution in [0.3, 0.4) is 0 Å². The van der Waals surface area contributed by atoms with Crippen LogP contribution in [0.2, 0.25) is 0 Å². The Morgan fingerprint density at radius 3 is 0.952 bits per heavy atom. The van der Waals surface area contributed by atoms with Crippen LogP contribution in [0, 0.1) is 0 Å². The molecule has 0 N–H and O–H groups in total. The van der Waals surface area contributed by atoms with E-state index >= 15 is 0 Å². The summed E-state index contributed by atoms with van der Waals surface area (Å²) >= 11 is 0. The fraction of sp³-hybridized carbons (Fsp3) is 0.0526. The Kier molecular flexibility index (Phi) is 4.71. The van der Waals surface area contributed by atoms with Crippen molar-refractivity contribution in [1.29, 1.82) is 0 Å². The predicted molar refractivity (Wildman–Crippen MR) is 91.7 cm³/mol. The van der Waals surface area contributed by atoms with Crippen LogP contribution in [0.1, 0.15) is 16.7 Å². The summed E-state index contributed by atoms with van der Waals surface area (Å²) in [7, 11) is 1.03. The van der Waals surface area contributed by atoms with Gasteiger partial charge in [0.15, 0.2) is 0 Å². The number of benzene rings is 3. The quantitative estimate of drug-likeness (QED) is 0.512. The number of hydrogen-bond acceptors (Lipinski definition) is 0. The SMILES string of the molecule is F.[SiH3]C(c1ccccc1)(c1ccccc1)c1ccccc1. The summed E-state index contributed by atoms with van der Waals surface area (Å²) in [6.07, 6.45) is 0. The molecule has 3 aromatic carbocycles. The van der Waals surface area contributed by atoms with Gasteiger partial charge in [0.2, 0.25) is 0 Å². The topological polar surface area (TPSA) is 0 Å². The lowest BCUT2D eigenvalue weighted by Gasteiger charge is -2.32. The molecule has 0 aliphatic carbocycles. The molecule has 0 spiro atoms. The van der Waals surface area contributed by atoms with Crippen LogP contribution in [0.15, 0.2) is 91.0 Å². The standard InChI is InChI=1S/C19H18Si.FH/c20-19(16-10-4-1-5-11-16,17-12-6-2-7-13-17)18-14-8-3-9-15-18;/h1-15H,20H3;1H. The molecule has 0 atom stereocenters. The molecule has 21 heavy (non-hydrogen) atoms. The van der Waals surface area contributed by atoms with Crippen LogP contribution in [0.25, 0.3) is 0 Å². The first-order valence-corrected chi connectivity index (χ1v) is 7.98. The fourth-order valence-corrected chi connectivity index (χ4v) is 3.81. The third-order valence-corrected chi connectivity index (χ3v) is 5.79. The molecule has 0 saturated heterocycles. The van der Waals surface area contributed by atoms with E-state index in [0.29, 0.717) is 0 Å². The van der Waals surface area contributed by atoms with Gasteiger partial charge in [0.25, 0.3) is 0 Å². The second-order valence-electron chi connectivity index (χ2n) is 5.22. The molecule has 0 heterocycles. The van der Waals surface area contributed by atoms with Crippen LogP contribution < -0.4 is 0 Å². The lowest BCUT2D eigenvalue weighted by molar-refractivity contribution is 0.877. The van der Waals surface area contributed by atoms with Gasteiger partial charge in [0.05, 0.1) is 0 Å². The van der Waals surface area contributed by atoms with E-state index in [1.165, 1.54) is 16.7 Å². The molecule has 0 unspecified atom stereocenters. The van der Waals surface area contributed by atoms with Gasteiger partial charge in [-0.2, -0.15) is 0 Å². The highest BCUT2D eigenvalue weighted by atomic mass is 28.1. The molecule has 0 nitrogen and oxygen atoms in total. The van der Waals surface area contributed by atoms with E-state index in [4.69, 9.17) is 0 Å². The lowest BCUT2D eigenvalue weighted by Crippen LogP contribution is -2.29. The average molecular weight is 294 g/mol. The highest BCUT2D eigenvalue weighted by molar-refractivity contribution is 6.20. The Bertz CT molecular complexity index is 569. The van der Waals surface area contributed by atoms with E-state index in [-0.39, 0.29) is 9.74 Å². The van der Waals surface area contributed by atoms with Gasteiger partial charge >= 0.3 is 0 Å². The molecule has 0 aliphatic heterocycles. The molecular weight excluding hydrogens is 275 g/mol. The Balaban J connectivity index is 0.00000161. The highest BCUT2D eigenvalue weighted by Gasteiger charge is 2.30. The second kappa shape index (κ2) is 6.51. The van der Waals surface area contributed by atoms with Crippen molar-refractivity contribution in [3.05, 3.63) is 108 Å². The van der Waals surface area contributed by atoms with E-state index in [1.807, 2.05) is 0 Å². The maximum Gasteiger partial charge on any atom is 0.0282 e. The van der Waals surface area contributed by atoms with Crippen molar-refractivity contribution in [3.8, 4) is 0 Å². The van der Waals surface area contributed by atoms with Crippen molar-refractivity contribution in [3.63, 3.8) is 0 Å². The zero-order chi connectivity index (χ0) is 13.8. The first-order valence-electron chi connectivity index (χ1n) is 6.98. The second-order valence-corrected chi connectivity index (χ2v) is 6.72. The summed E-state index contributed by atoms with van der Waals surface area (Å²) < 4.78 is 0. The van der Waals surface area contributed by atoms with Gasteiger partial charge in [-0.1, -0.05) is 91.0 Å². The van der Waals surface area contributed by atoms with E-state index in [0.717, 1.165) is 10.2 Å². The molecule has 0 amide bonds. The van der Waals surface area contributed by atoms with Crippen molar-refractivity contribution >= 4 is 10.2 Å². The molecule has 0 bridgehead atoms. The van der Waals surface area contributed by atoms with Gasteiger partial charge in [-0.05, 0) is 16.7 Å². The highest BCUT2D eigenvalue weighted by Crippen LogP contribution is 2.35. The monoisotopic (exact) mass is 294 g/mol. The van der Waals surface area contributed by atoms with Crippen molar-refractivity contribution < 1.29 is 4.70 Å². The molecule has 2 heteroatoms. The van der Waals surface area contributed by atoms with Crippen molar-refractivity contribution in [1.82, 2.24) is 0 Å². The van der Waals surface area contributed by atoms with Gasteiger partial charge in [-0.3, -0.25) is 4.70 Å². The third-order valence-electron chi connectivity index (χ3n) is 4.05. The van der Waals surface area contributed by atoms with Crippen molar-refractivity contribution in [2.24, 2.45) is 0 Å². The lowest BCUT2D eigenvalue weighted by atomic mass is 9.84. The summed E-state index contributed by atoms with van der Waals surface area (Å²) in [5, 5.41) is 0.0176. The Morgan fingerprint density at radius 1 is 0.476 bits per heavy atom. The minimum Gasteiger partial charge on any atom is -0.269 e. The minimum atomic E-state index is 0. The molecule has 3 rings (SSSR count). The molecule has 0 saturated carbocycles. The van der Waals surface area contributed by atoms with Crippen LogP contribution in [-0.4, -0.2) is 10.2 Å². The van der Waals surface area contributed by atoms with Crippen LogP contribution in [-0.2, 0) is 5.04 Å². The van der Waals surface area contributed by atoms with Gasteiger partial charge in [-0.15, -0.1) is 0 Å². The Labute approximate surface area is 128 Å². The van der Waals surface area contributed by atoms with Gasteiger partial charge < -0.3 is 0 Å². The third kappa shape index (κ3) is 2.81. The molecule has 0 aromatic heterocycles. The van der Waals surface area contributed by atoms with Gasteiger partial charge in [-0.25, -0.2) is 0 Å². The summed E-state index contributed by atoms with van der Waals surface area (Å²) in [6.45, 7) is 0. The molecule has 0 fully saturated rings. The largest absolute Gasteiger partial charge is 0.269 e. The average Bonchev–Trinajstić information content (AvgIpc) is 2.56. The maximum absolute atomic E-state index is 2.24. The number of hydrogen-bond donors (Lipinski definition) is 0. The molecule has 0 radical (unpaired) electrons. The molecule has 106 valence electrons. The molecule has 0 aliphatic rings. The summed E-state index contributed by atoms with van der Waals surface area (Å²) in [5.74, 6) is 0. The summed E-state index contributed by atoms with van der Waals surface area (Å²) in [6, 6.07) is 32.5. The molecule has 3 aromatic rings. The van der Waals surface area contributed by atoms with E-state index in [1.54, 1.807) is 0 Å². The fourth-order valence-electron chi connectivity index (χ4n) is 2.81. The van der Waals surface area contributed by atoms with E-state index in [9.17, 15) is 0 Å². The zero-order valence-electron chi connectivity index (χ0n) is 12.1. The van der Waals surface area contributed by atoms with Crippen LogP contribution >= 0.6 is 0 Å². The maximum atomic E-state index is 2.24. The zero-order valence-corrected chi connectivity index (χ0v) is 14.1. The van der Waals surface area contributed by atoms with Gasteiger partial charge in [0, 0.05) is 15.3 Å². The van der Waals surface area contributed by atoms with Crippen molar-refractivity contribution in [2.45, 2.75) is 5.04 Å². The van der Waals surface area contributed by atoms with Crippen LogP contribution in [0.5, 0.6) is 0 Å². The minimum absolute atomic E-state index is 0. The predicted octanol–water partition coefficient (Wildman–Crippen LogP) is 3.50. The first-order chi connectivity index (χ1) is 9.82. The number of rotatable bonds is 3. The first kappa shape index (κ1) is 15.2. The van der Waals surface area contributed by atoms with Crippen LogP contribution in [0.4, 0.5) is 4.70 Å². The van der Waals surface area contributed by atoms with E-state index in [2.05, 4.69) is 91.0 Å². The summed E-state index contributed by atoms with van der Waals surface area (Å²) in [4.78, 5) is 0. The van der Waals surface area contributed by atoms with E-state index < -0.39 is 0 Å². The number of halogens is 1. The van der Waals surface area contributed by atoms with Gasteiger partial charge in [0.1, 0.15) is 0 Å².